The Balaban J connectivity index is 1.72. The first-order valence-corrected chi connectivity index (χ1v) is 9.65. The van der Waals surface area contributed by atoms with Crippen molar-refractivity contribution < 1.29 is 9.59 Å². The lowest BCUT2D eigenvalue weighted by molar-refractivity contribution is -0.125. The maximum absolute atomic E-state index is 12.9. The Morgan fingerprint density at radius 1 is 1.00 bits per heavy atom. The van der Waals surface area contributed by atoms with Crippen molar-refractivity contribution in [3.8, 4) is 0 Å². The van der Waals surface area contributed by atoms with Gasteiger partial charge in [0.2, 0.25) is 0 Å². The summed E-state index contributed by atoms with van der Waals surface area (Å²) in [6.45, 7) is 1.80. The minimum atomic E-state index is -0.450. The lowest BCUT2D eigenvalue weighted by Crippen LogP contribution is -2.34. The fraction of sp³-hybridized carbons (Fsp3) is 0.238. The number of likely N-dealkylation sites (tertiary alicyclic amines) is 1. The van der Waals surface area contributed by atoms with Crippen molar-refractivity contribution in [3.63, 3.8) is 0 Å². The molecule has 0 saturated carbocycles. The molecule has 27 heavy (non-hydrogen) atoms. The van der Waals surface area contributed by atoms with Gasteiger partial charge >= 0.3 is 0 Å². The number of amides is 1. The summed E-state index contributed by atoms with van der Waals surface area (Å²) in [6.07, 6.45) is 3.66. The highest BCUT2D eigenvalue weighted by molar-refractivity contribution is 6.45. The van der Waals surface area contributed by atoms with E-state index in [0.29, 0.717) is 35.2 Å². The molecule has 0 aliphatic carbocycles. The molecule has 3 aromatic rings. The number of benzene rings is 2. The van der Waals surface area contributed by atoms with Gasteiger partial charge in [-0.3, -0.25) is 9.59 Å². The summed E-state index contributed by atoms with van der Waals surface area (Å²) >= 11 is 12.3. The fourth-order valence-electron chi connectivity index (χ4n) is 3.57. The van der Waals surface area contributed by atoms with Gasteiger partial charge < -0.3 is 9.47 Å². The summed E-state index contributed by atoms with van der Waals surface area (Å²) in [5.74, 6) is -0.867. The van der Waals surface area contributed by atoms with E-state index in [1.54, 1.807) is 23.2 Å². The monoisotopic (exact) mass is 400 g/mol. The van der Waals surface area contributed by atoms with E-state index in [-0.39, 0.29) is 0 Å². The van der Waals surface area contributed by atoms with Crippen LogP contribution in [0.15, 0.2) is 48.7 Å². The Bertz CT molecular complexity index is 1040. The SMILES string of the molecule is O=C(C(=O)N1CCCC1)c1cn(Cc2ccc(Cl)cc2Cl)c2ccccc12. The summed E-state index contributed by atoms with van der Waals surface area (Å²) in [4.78, 5) is 27.1. The molecule has 1 aliphatic rings. The van der Waals surface area contributed by atoms with Crippen LogP contribution < -0.4 is 0 Å². The van der Waals surface area contributed by atoms with Gasteiger partial charge in [0.25, 0.3) is 11.7 Å². The van der Waals surface area contributed by atoms with Crippen molar-refractivity contribution in [3.05, 3.63) is 69.8 Å². The maximum Gasteiger partial charge on any atom is 0.295 e. The van der Waals surface area contributed by atoms with Crippen molar-refractivity contribution in [2.75, 3.05) is 13.1 Å². The van der Waals surface area contributed by atoms with Crippen LogP contribution in [0.2, 0.25) is 10.0 Å². The van der Waals surface area contributed by atoms with Gasteiger partial charge in [0.1, 0.15) is 0 Å². The number of carbonyl (C=O) groups excluding carboxylic acids is 2. The van der Waals surface area contributed by atoms with Gasteiger partial charge in [-0.1, -0.05) is 47.5 Å². The van der Waals surface area contributed by atoms with Crippen LogP contribution >= 0.6 is 23.2 Å². The molecule has 2 aromatic carbocycles. The van der Waals surface area contributed by atoms with E-state index in [9.17, 15) is 9.59 Å². The molecule has 0 bridgehead atoms. The highest BCUT2D eigenvalue weighted by Gasteiger charge is 2.28. The molecule has 1 amide bonds. The third kappa shape index (κ3) is 3.47. The summed E-state index contributed by atoms with van der Waals surface area (Å²) in [5, 5.41) is 1.93. The number of nitrogens with zero attached hydrogens (tertiary/aromatic N) is 2. The minimum absolute atomic E-state index is 0.417. The number of rotatable bonds is 4. The smallest absolute Gasteiger partial charge is 0.295 e. The van der Waals surface area contributed by atoms with Crippen LogP contribution in [0, 0.1) is 0 Å². The van der Waals surface area contributed by atoms with Crippen molar-refractivity contribution in [1.29, 1.82) is 0 Å². The molecule has 2 heterocycles. The average molecular weight is 401 g/mol. The first kappa shape index (κ1) is 18.1. The van der Waals surface area contributed by atoms with Crippen LogP contribution in [0.1, 0.15) is 28.8 Å². The molecule has 4 nitrogen and oxygen atoms in total. The highest BCUT2D eigenvalue weighted by atomic mass is 35.5. The van der Waals surface area contributed by atoms with E-state index in [4.69, 9.17) is 23.2 Å². The molecule has 0 atom stereocenters. The van der Waals surface area contributed by atoms with Gasteiger partial charge in [-0.25, -0.2) is 0 Å². The van der Waals surface area contributed by atoms with Crippen LogP contribution in [0.4, 0.5) is 0 Å². The van der Waals surface area contributed by atoms with E-state index < -0.39 is 11.7 Å². The van der Waals surface area contributed by atoms with E-state index in [0.717, 1.165) is 29.3 Å². The lowest BCUT2D eigenvalue weighted by atomic mass is 10.1. The molecular formula is C21H18Cl2N2O2. The Hall–Kier alpha value is -2.30. The second kappa shape index (κ2) is 7.37. The van der Waals surface area contributed by atoms with E-state index in [1.807, 2.05) is 34.9 Å². The lowest BCUT2D eigenvalue weighted by Gasteiger charge is -2.13. The minimum Gasteiger partial charge on any atom is -0.342 e. The predicted octanol–water partition coefficient (Wildman–Crippen LogP) is 4.80. The van der Waals surface area contributed by atoms with Crippen molar-refractivity contribution in [2.24, 2.45) is 0 Å². The largest absolute Gasteiger partial charge is 0.342 e. The number of carbonyl (C=O) groups is 2. The van der Waals surface area contributed by atoms with Gasteiger partial charge in [0.05, 0.1) is 5.56 Å². The fourth-order valence-corrected chi connectivity index (χ4v) is 4.04. The Labute approximate surface area is 167 Å². The van der Waals surface area contributed by atoms with Crippen molar-refractivity contribution in [2.45, 2.75) is 19.4 Å². The van der Waals surface area contributed by atoms with Crippen LogP contribution in [0.3, 0.4) is 0 Å². The first-order valence-electron chi connectivity index (χ1n) is 8.90. The third-order valence-corrected chi connectivity index (χ3v) is 5.56. The van der Waals surface area contributed by atoms with Crippen molar-refractivity contribution >= 4 is 45.8 Å². The molecule has 1 fully saturated rings. The predicted molar refractivity (Wildman–Crippen MR) is 108 cm³/mol. The second-order valence-corrected chi connectivity index (χ2v) is 7.60. The van der Waals surface area contributed by atoms with Crippen LogP contribution in [-0.2, 0) is 11.3 Å². The Morgan fingerprint density at radius 2 is 1.74 bits per heavy atom. The van der Waals surface area contributed by atoms with E-state index >= 15 is 0 Å². The quantitative estimate of drug-likeness (QED) is 0.466. The van der Waals surface area contributed by atoms with Gasteiger partial charge in [0.15, 0.2) is 0 Å². The standard InChI is InChI=1S/C21H18Cl2N2O2/c22-15-8-7-14(18(23)11-15)12-25-13-17(16-5-1-2-6-19(16)25)20(26)21(27)24-9-3-4-10-24/h1-2,5-8,11,13H,3-4,9-10,12H2. The molecule has 0 N–H and O–H groups in total. The van der Waals surface area contributed by atoms with Crippen LogP contribution in [0.5, 0.6) is 0 Å². The molecule has 1 aromatic heterocycles. The summed E-state index contributed by atoms with van der Waals surface area (Å²) in [7, 11) is 0. The first-order chi connectivity index (χ1) is 13.0. The zero-order chi connectivity index (χ0) is 19.0. The molecule has 0 unspecified atom stereocenters. The van der Waals surface area contributed by atoms with E-state index in [1.165, 1.54) is 0 Å². The number of halogens is 2. The zero-order valence-electron chi connectivity index (χ0n) is 14.6. The molecule has 0 spiro atoms. The summed E-state index contributed by atoms with van der Waals surface area (Å²) in [6, 6.07) is 13.0. The normalized spacial score (nSPS) is 14.1. The number of hydrogen-bond acceptors (Lipinski definition) is 2. The third-order valence-electron chi connectivity index (χ3n) is 4.98. The Kier molecular flexibility index (Phi) is 4.94. The number of Topliss-reactive ketones (excluding diaryl/α,β-unsaturated/α-hetero) is 1. The van der Waals surface area contributed by atoms with Crippen LogP contribution in [-0.4, -0.2) is 34.2 Å². The summed E-state index contributed by atoms with van der Waals surface area (Å²) < 4.78 is 1.95. The number of aromatic nitrogens is 1. The molecule has 0 radical (unpaired) electrons. The number of hydrogen-bond donors (Lipinski definition) is 0. The van der Waals surface area contributed by atoms with Gasteiger partial charge in [-0.2, -0.15) is 0 Å². The zero-order valence-corrected chi connectivity index (χ0v) is 16.1. The van der Waals surface area contributed by atoms with Gasteiger partial charge in [-0.15, -0.1) is 0 Å². The number of para-hydroxylation sites is 1. The average Bonchev–Trinajstić information content (AvgIpc) is 3.31. The highest BCUT2D eigenvalue weighted by Crippen LogP contribution is 2.27. The Morgan fingerprint density at radius 3 is 2.48 bits per heavy atom. The molecule has 4 rings (SSSR count). The molecule has 1 aliphatic heterocycles. The number of fused-ring (bicyclic) bond motifs is 1. The second-order valence-electron chi connectivity index (χ2n) is 6.75. The maximum atomic E-state index is 12.9. The molecule has 6 heteroatoms. The van der Waals surface area contributed by atoms with Crippen LogP contribution in [0.25, 0.3) is 10.9 Å². The van der Waals surface area contributed by atoms with Gasteiger partial charge in [0, 0.05) is 46.8 Å². The molecule has 1 saturated heterocycles. The molecular weight excluding hydrogens is 383 g/mol. The molecule has 138 valence electrons. The topological polar surface area (TPSA) is 42.3 Å². The van der Waals surface area contributed by atoms with Gasteiger partial charge in [-0.05, 0) is 36.6 Å². The van der Waals surface area contributed by atoms with E-state index in [2.05, 4.69) is 0 Å². The van der Waals surface area contributed by atoms with Crippen molar-refractivity contribution in [1.82, 2.24) is 9.47 Å². The summed E-state index contributed by atoms with van der Waals surface area (Å²) in [5.41, 5.74) is 2.22. The number of ketones is 1.